The smallest absolute Gasteiger partial charge is 0.288 e. The zero-order valence-corrected chi connectivity index (χ0v) is 11.8. The molecule has 0 bridgehead atoms. The van der Waals surface area contributed by atoms with Gasteiger partial charge in [0, 0.05) is 25.3 Å². The molecule has 19 heavy (non-hydrogen) atoms. The lowest BCUT2D eigenvalue weighted by Crippen LogP contribution is -2.36. The van der Waals surface area contributed by atoms with Crippen LogP contribution in [-0.2, 0) is 11.3 Å². The Labute approximate surface area is 117 Å². The number of likely N-dealkylation sites (N-methyl/N-ethyl adjacent to an activating group) is 1. The Bertz CT molecular complexity index is 481. The largest absolute Gasteiger partial charge is 0.377 e. The first-order chi connectivity index (χ1) is 8.99. The predicted octanol–water partition coefficient (Wildman–Crippen LogP) is 2.86. The van der Waals surface area contributed by atoms with Gasteiger partial charge in [0.25, 0.3) is 5.69 Å². The van der Waals surface area contributed by atoms with Gasteiger partial charge in [-0.2, -0.15) is 0 Å². The maximum absolute atomic E-state index is 10.9. The quantitative estimate of drug-likeness (QED) is 0.630. The van der Waals surface area contributed by atoms with Crippen molar-refractivity contribution in [1.29, 1.82) is 0 Å². The number of nitro groups is 1. The number of nitro benzene ring substituents is 1. The number of hydrogen-bond acceptors (Lipinski definition) is 4. The first kappa shape index (κ1) is 14.2. The van der Waals surface area contributed by atoms with Crippen molar-refractivity contribution in [2.45, 2.75) is 32.0 Å². The molecule has 0 saturated carbocycles. The first-order valence-corrected chi connectivity index (χ1v) is 6.61. The van der Waals surface area contributed by atoms with Gasteiger partial charge >= 0.3 is 0 Å². The van der Waals surface area contributed by atoms with Crippen molar-refractivity contribution in [2.75, 3.05) is 13.7 Å². The Hall–Kier alpha value is -1.17. The van der Waals surface area contributed by atoms with Crippen LogP contribution in [0.15, 0.2) is 18.2 Å². The van der Waals surface area contributed by atoms with Crippen LogP contribution in [0.2, 0.25) is 5.02 Å². The molecular weight excluding hydrogens is 268 g/mol. The van der Waals surface area contributed by atoms with Crippen LogP contribution in [0, 0.1) is 10.1 Å². The molecule has 2 rings (SSSR count). The van der Waals surface area contributed by atoms with Crippen molar-refractivity contribution in [3.8, 4) is 0 Å². The highest BCUT2D eigenvalue weighted by Gasteiger charge is 2.28. The van der Waals surface area contributed by atoms with Gasteiger partial charge in [0.15, 0.2) is 0 Å². The summed E-state index contributed by atoms with van der Waals surface area (Å²) < 4.78 is 5.53. The Balaban J connectivity index is 2.10. The fourth-order valence-corrected chi connectivity index (χ4v) is 2.69. The van der Waals surface area contributed by atoms with E-state index in [0.29, 0.717) is 12.6 Å². The van der Waals surface area contributed by atoms with E-state index in [1.54, 1.807) is 12.1 Å². The fraction of sp³-hybridized carbons (Fsp3) is 0.538. The molecule has 0 aromatic heterocycles. The molecule has 1 saturated heterocycles. The van der Waals surface area contributed by atoms with Gasteiger partial charge < -0.3 is 4.74 Å². The van der Waals surface area contributed by atoms with Gasteiger partial charge in [-0.25, -0.2) is 0 Å². The molecule has 1 heterocycles. The van der Waals surface area contributed by atoms with Gasteiger partial charge in [-0.05, 0) is 32.0 Å². The van der Waals surface area contributed by atoms with Gasteiger partial charge in [-0.1, -0.05) is 17.7 Å². The predicted molar refractivity (Wildman–Crippen MR) is 73.4 cm³/mol. The van der Waals surface area contributed by atoms with Crippen LogP contribution < -0.4 is 0 Å². The maximum Gasteiger partial charge on any atom is 0.288 e. The average Bonchev–Trinajstić information content (AvgIpc) is 2.77. The molecule has 5 nitrogen and oxygen atoms in total. The Morgan fingerprint density at radius 1 is 1.58 bits per heavy atom. The Kier molecular flexibility index (Phi) is 4.39. The number of hydrogen-bond donors (Lipinski definition) is 0. The van der Waals surface area contributed by atoms with Crippen molar-refractivity contribution in [3.05, 3.63) is 38.9 Å². The summed E-state index contributed by atoms with van der Waals surface area (Å²) in [7, 11) is 2.01. The zero-order valence-electron chi connectivity index (χ0n) is 11.0. The lowest BCUT2D eigenvalue weighted by atomic mass is 10.1. The molecular formula is C13H17ClN2O3. The third-order valence-corrected chi connectivity index (χ3v) is 3.86. The lowest BCUT2D eigenvalue weighted by Gasteiger charge is -2.26. The minimum absolute atomic E-state index is 0.0386. The van der Waals surface area contributed by atoms with Crippen LogP contribution >= 0.6 is 11.6 Å². The second kappa shape index (κ2) is 5.86. The molecule has 0 amide bonds. The van der Waals surface area contributed by atoms with Crippen LogP contribution in [0.25, 0.3) is 0 Å². The molecule has 1 aromatic rings. The molecule has 1 aromatic carbocycles. The summed E-state index contributed by atoms with van der Waals surface area (Å²) in [5, 5.41) is 11.0. The Morgan fingerprint density at radius 2 is 2.32 bits per heavy atom. The molecule has 0 spiro atoms. The number of rotatable bonds is 4. The van der Waals surface area contributed by atoms with Crippen molar-refractivity contribution in [2.24, 2.45) is 0 Å². The maximum atomic E-state index is 10.9. The van der Waals surface area contributed by atoms with Crippen molar-refractivity contribution < 1.29 is 9.66 Å². The van der Waals surface area contributed by atoms with Crippen LogP contribution in [0.3, 0.4) is 0 Å². The molecule has 2 unspecified atom stereocenters. The van der Waals surface area contributed by atoms with E-state index in [1.807, 2.05) is 13.1 Å². The fourth-order valence-electron chi connectivity index (χ4n) is 2.50. The monoisotopic (exact) mass is 284 g/mol. The second-order valence-corrected chi connectivity index (χ2v) is 5.30. The van der Waals surface area contributed by atoms with E-state index < -0.39 is 4.92 Å². The molecule has 104 valence electrons. The van der Waals surface area contributed by atoms with E-state index in [4.69, 9.17) is 16.3 Å². The molecule has 1 aliphatic rings. The first-order valence-electron chi connectivity index (χ1n) is 6.23. The summed E-state index contributed by atoms with van der Waals surface area (Å²) in [4.78, 5) is 12.6. The third kappa shape index (κ3) is 3.23. The standard InChI is InChI=1S/C13H17ClN2O3/c1-9-12(5-6-19-9)15(2)8-10-3-4-11(14)13(7-10)16(17)18/h3-4,7,9,12H,5-6,8H2,1-2H3. The van der Waals surface area contributed by atoms with E-state index in [9.17, 15) is 10.1 Å². The highest BCUT2D eigenvalue weighted by Crippen LogP contribution is 2.26. The van der Waals surface area contributed by atoms with E-state index in [2.05, 4.69) is 11.8 Å². The molecule has 6 heteroatoms. The van der Waals surface area contributed by atoms with Gasteiger partial charge in [-0.3, -0.25) is 15.0 Å². The second-order valence-electron chi connectivity index (χ2n) is 4.89. The van der Waals surface area contributed by atoms with Crippen molar-refractivity contribution in [1.82, 2.24) is 4.90 Å². The summed E-state index contributed by atoms with van der Waals surface area (Å²) in [6, 6.07) is 5.30. The van der Waals surface area contributed by atoms with Gasteiger partial charge in [0.1, 0.15) is 5.02 Å². The van der Waals surface area contributed by atoms with Crippen LogP contribution in [0.1, 0.15) is 18.9 Å². The zero-order chi connectivity index (χ0) is 14.0. The summed E-state index contributed by atoms with van der Waals surface area (Å²) in [6.45, 7) is 3.48. The molecule has 1 aliphatic heterocycles. The van der Waals surface area contributed by atoms with Crippen molar-refractivity contribution in [3.63, 3.8) is 0 Å². The summed E-state index contributed by atoms with van der Waals surface area (Å²) in [6.07, 6.45) is 1.19. The van der Waals surface area contributed by atoms with Gasteiger partial charge in [0.2, 0.25) is 0 Å². The SMILES string of the molecule is CC1OCCC1N(C)Cc1ccc(Cl)c([N+](=O)[O-])c1. The topological polar surface area (TPSA) is 55.6 Å². The van der Waals surface area contributed by atoms with E-state index >= 15 is 0 Å². The average molecular weight is 285 g/mol. The Morgan fingerprint density at radius 3 is 2.89 bits per heavy atom. The molecule has 1 fully saturated rings. The summed E-state index contributed by atoms with van der Waals surface area (Å²) >= 11 is 5.80. The highest BCUT2D eigenvalue weighted by atomic mass is 35.5. The lowest BCUT2D eigenvalue weighted by molar-refractivity contribution is -0.384. The van der Waals surface area contributed by atoms with Crippen LogP contribution in [-0.4, -0.2) is 35.6 Å². The minimum Gasteiger partial charge on any atom is -0.377 e. The van der Waals surface area contributed by atoms with E-state index in [0.717, 1.165) is 18.6 Å². The molecule has 0 aliphatic carbocycles. The van der Waals surface area contributed by atoms with E-state index in [-0.39, 0.29) is 16.8 Å². The minimum atomic E-state index is -0.451. The summed E-state index contributed by atoms with van der Waals surface area (Å²) in [5.74, 6) is 0. The van der Waals surface area contributed by atoms with Crippen LogP contribution in [0.5, 0.6) is 0 Å². The van der Waals surface area contributed by atoms with Gasteiger partial charge in [0.05, 0.1) is 11.0 Å². The number of halogens is 1. The van der Waals surface area contributed by atoms with Crippen molar-refractivity contribution >= 4 is 17.3 Å². The molecule has 0 N–H and O–H groups in total. The summed E-state index contributed by atoms with van der Waals surface area (Å²) in [5.41, 5.74) is 0.848. The van der Waals surface area contributed by atoms with Gasteiger partial charge in [-0.15, -0.1) is 0 Å². The number of nitrogens with zero attached hydrogens (tertiary/aromatic N) is 2. The normalized spacial score (nSPS) is 22.9. The van der Waals surface area contributed by atoms with Crippen LogP contribution in [0.4, 0.5) is 5.69 Å². The van der Waals surface area contributed by atoms with E-state index in [1.165, 1.54) is 0 Å². The number of ether oxygens (including phenoxy) is 1. The third-order valence-electron chi connectivity index (χ3n) is 3.54. The molecule has 0 radical (unpaired) electrons. The molecule has 2 atom stereocenters. The number of benzene rings is 1. The highest BCUT2D eigenvalue weighted by molar-refractivity contribution is 6.32.